The number of rotatable bonds is 10. The minimum atomic E-state index is -1.52. The van der Waals surface area contributed by atoms with Crippen LogP contribution in [0.5, 0.6) is 0 Å². The molecular weight excluding hydrogens is 624 g/mol. The van der Waals surface area contributed by atoms with E-state index in [0.717, 1.165) is 48.5 Å². The molecule has 0 N–H and O–H groups in total. The molecule has 0 bridgehead atoms. The van der Waals surface area contributed by atoms with Gasteiger partial charge in [-0.1, -0.05) is 0 Å². The van der Waals surface area contributed by atoms with Gasteiger partial charge in [-0.05, 0) is 0 Å². The predicted octanol–water partition coefficient (Wildman–Crippen LogP) is -0.953. The number of ether oxygens (including phenoxy) is 11. The van der Waals surface area contributed by atoms with E-state index in [9.17, 15) is 33.6 Å². The van der Waals surface area contributed by atoms with Crippen molar-refractivity contribution < 1.29 is 85.7 Å². The van der Waals surface area contributed by atoms with Gasteiger partial charge in [0.25, 0.3) is 0 Å². The standard InChI is InChI=1S/C28H38O18/c1-11(29)36-8-18-20(40-13(3)31)24(42-15(5)33)22-26(45-18)23(39-10-38-22)27-28(44-17(7)35)25(43-16(6)34)21(41-14(4)32)19(46-27)9-37-12(2)30/h18-28H,8-10H2,1-7H3/t18-,19-,20+,21-,22-,23-,24+,25+,26-,27-,28+/m1/s1. The lowest BCUT2D eigenvalue weighted by Crippen LogP contribution is -2.72. The van der Waals surface area contributed by atoms with Crippen LogP contribution in [0, 0.1) is 0 Å². The van der Waals surface area contributed by atoms with E-state index in [1.165, 1.54) is 0 Å². The fourth-order valence-electron chi connectivity index (χ4n) is 5.49. The van der Waals surface area contributed by atoms with Gasteiger partial charge in [-0.2, -0.15) is 0 Å². The first-order valence-electron chi connectivity index (χ1n) is 14.3. The Morgan fingerprint density at radius 3 is 1.22 bits per heavy atom. The molecule has 0 aromatic heterocycles. The zero-order valence-corrected chi connectivity index (χ0v) is 26.3. The van der Waals surface area contributed by atoms with Crippen LogP contribution in [-0.4, -0.2) is 129 Å². The highest BCUT2D eigenvalue weighted by Gasteiger charge is 2.61. The molecule has 0 aromatic rings. The second-order valence-electron chi connectivity index (χ2n) is 10.6. The first-order valence-corrected chi connectivity index (χ1v) is 14.3. The molecule has 11 atom stereocenters. The number of carbonyl (C=O) groups excluding carboxylic acids is 7. The van der Waals surface area contributed by atoms with E-state index >= 15 is 0 Å². The lowest BCUT2D eigenvalue weighted by Gasteiger charge is -2.53. The fourth-order valence-corrected chi connectivity index (χ4v) is 5.49. The third-order valence-corrected chi connectivity index (χ3v) is 6.92. The maximum Gasteiger partial charge on any atom is 0.303 e. The van der Waals surface area contributed by atoms with Crippen LogP contribution in [0.1, 0.15) is 48.5 Å². The summed E-state index contributed by atoms with van der Waals surface area (Å²) >= 11 is 0. The first kappa shape index (κ1) is 36.6. The number of fused-ring (bicyclic) bond motifs is 1. The summed E-state index contributed by atoms with van der Waals surface area (Å²) < 4.78 is 61.9. The van der Waals surface area contributed by atoms with E-state index in [2.05, 4.69) is 0 Å². The number of hydrogen-bond acceptors (Lipinski definition) is 18. The summed E-state index contributed by atoms with van der Waals surface area (Å²) in [5.74, 6) is -5.43. The van der Waals surface area contributed by atoms with E-state index in [-0.39, 0.29) is 0 Å². The summed E-state index contributed by atoms with van der Waals surface area (Å²) in [6.07, 6.45) is -14.8. The monoisotopic (exact) mass is 662 g/mol. The molecule has 0 spiro atoms. The van der Waals surface area contributed by atoms with Crippen LogP contribution in [0.4, 0.5) is 0 Å². The summed E-state index contributed by atoms with van der Waals surface area (Å²) in [7, 11) is 0. The van der Waals surface area contributed by atoms with Gasteiger partial charge in [-0.15, -0.1) is 0 Å². The summed E-state index contributed by atoms with van der Waals surface area (Å²) in [5, 5.41) is 0. The molecule has 258 valence electrons. The molecule has 0 radical (unpaired) electrons. The molecule has 3 fully saturated rings. The van der Waals surface area contributed by atoms with E-state index < -0.39 is 129 Å². The summed E-state index contributed by atoms with van der Waals surface area (Å²) in [6, 6.07) is 0. The minimum absolute atomic E-state index is 0.459. The van der Waals surface area contributed by atoms with E-state index in [0.29, 0.717) is 0 Å². The SMILES string of the molecule is CC(=O)OC[C@H]1O[C@H]2[C@H]([C@H]3O[C@H](COC(C)=O)[C@@H](OC(C)=O)[C@H](OC(C)=O)[C@@H]3OC(C)=O)OCO[C@@H]2[C@@H](OC(C)=O)[C@H]1OC(C)=O. The molecule has 0 unspecified atom stereocenters. The smallest absolute Gasteiger partial charge is 0.303 e. The van der Waals surface area contributed by atoms with Crippen molar-refractivity contribution in [1.29, 1.82) is 0 Å². The van der Waals surface area contributed by atoms with Crippen molar-refractivity contribution in [2.24, 2.45) is 0 Å². The van der Waals surface area contributed by atoms with Gasteiger partial charge in [-0.25, -0.2) is 0 Å². The van der Waals surface area contributed by atoms with Crippen molar-refractivity contribution in [2.45, 2.75) is 116 Å². The van der Waals surface area contributed by atoms with E-state index in [1.54, 1.807) is 0 Å². The molecule has 18 nitrogen and oxygen atoms in total. The maximum absolute atomic E-state index is 12.4. The molecule has 3 rings (SSSR count). The van der Waals surface area contributed by atoms with Gasteiger partial charge >= 0.3 is 41.8 Å². The highest BCUT2D eigenvalue weighted by atomic mass is 16.7. The number of esters is 7. The highest BCUT2D eigenvalue weighted by molar-refractivity contribution is 5.69. The van der Waals surface area contributed by atoms with Gasteiger partial charge in [0, 0.05) is 48.5 Å². The Balaban J connectivity index is 2.12. The lowest BCUT2D eigenvalue weighted by molar-refractivity contribution is -0.351. The van der Waals surface area contributed by atoms with Gasteiger partial charge in [0.1, 0.15) is 56.6 Å². The van der Waals surface area contributed by atoms with Crippen molar-refractivity contribution in [3.63, 3.8) is 0 Å². The Morgan fingerprint density at radius 1 is 0.435 bits per heavy atom. The number of carbonyl (C=O) groups is 7. The zero-order valence-electron chi connectivity index (χ0n) is 26.3. The topological polar surface area (TPSA) is 221 Å². The van der Waals surface area contributed by atoms with Crippen LogP contribution in [0.2, 0.25) is 0 Å². The quantitative estimate of drug-likeness (QED) is 0.203. The Kier molecular flexibility index (Phi) is 12.8. The van der Waals surface area contributed by atoms with Crippen LogP contribution < -0.4 is 0 Å². The molecule has 3 heterocycles. The highest BCUT2D eigenvalue weighted by Crippen LogP contribution is 2.39. The van der Waals surface area contributed by atoms with Crippen LogP contribution in [0.25, 0.3) is 0 Å². The van der Waals surface area contributed by atoms with Crippen molar-refractivity contribution in [2.75, 3.05) is 20.0 Å². The molecule has 0 amide bonds. The van der Waals surface area contributed by atoms with Crippen LogP contribution in [-0.2, 0) is 85.7 Å². The third kappa shape index (κ3) is 9.57. The molecule has 0 aromatic carbocycles. The molecule has 0 aliphatic carbocycles. The molecule has 18 heteroatoms. The second kappa shape index (κ2) is 16.1. The predicted molar refractivity (Wildman–Crippen MR) is 143 cm³/mol. The molecule has 3 aliphatic heterocycles. The Morgan fingerprint density at radius 2 is 0.783 bits per heavy atom. The minimum Gasteiger partial charge on any atom is -0.463 e. The number of hydrogen-bond donors (Lipinski definition) is 0. The first-order chi connectivity index (χ1) is 21.6. The summed E-state index contributed by atoms with van der Waals surface area (Å²) in [6.45, 7) is 6.32. The lowest BCUT2D eigenvalue weighted by atomic mass is 9.84. The fraction of sp³-hybridized carbons (Fsp3) is 0.750. The van der Waals surface area contributed by atoms with Crippen molar-refractivity contribution in [1.82, 2.24) is 0 Å². The van der Waals surface area contributed by atoms with Gasteiger partial charge in [0.05, 0.1) is 0 Å². The molecule has 3 saturated heterocycles. The zero-order chi connectivity index (χ0) is 34.3. The Hall–Kier alpha value is -3.87. The summed E-state index contributed by atoms with van der Waals surface area (Å²) in [4.78, 5) is 84.4. The molecule has 46 heavy (non-hydrogen) atoms. The third-order valence-electron chi connectivity index (χ3n) is 6.92. The molecular formula is C28H38O18. The normalized spacial score (nSPS) is 33.7. The second-order valence-corrected chi connectivity index (χ2v) is 10.6. The van der Waals surface area contributed by atoms with Gasteiger partial charge in [0.15, 0.2) is 30.5 Å². The maximum atomic E-state index is 12.4. The summed E-state index contributed by atoms with van der Waals surface area (Å²) in [5.41, 5.74) is 0. The molecule has 3 aliphatic rings. The largest absolute Gasteiger partial charge is 0.463 e. The van der Waals surface area contributed by atoms with Gasteiger partial charge in [0.2, 0.25) is 0 Å². The van der Waals surface area contributed by atoms with Crippen LogP contribution >= 0.6 is 0 Å². The van der Waals surface area contributed by atoms with E-state index in [4.69, 9.17) is 52.1 Å². The Bertz CT molecular complexity index is 1170. The van der Waals surface area contributed by atoms with Gasteiger partial charge < -0.3 is 52.1 Å². The average molecular weight is 663 g/mol. The van der Waals surface area contributed by atoms with Crippen molar-refractivity contribution >= 4 is 41.8 Å². The van der Waals surface area contributed by atoms with Crippen molar-refractivity contribution in [3.05, 3.63) is 0 Å². The van der Waals surface area contributed by atoms with Gasteiger partial charge in [-0.3, -0.25) is 33.6 Å². The van der Waals surface area contributed by atoms with Crippen LogP contribution in [0.3, 0.4) is 0 Å². The van der Waals surface area contributed by atoms with Crippen molar-refractivity contribution in [3.8, 4) is 0 Å². The average Bonchev–Trinajstić information content (AvgIpc) is 2.93. The van der Waals surface area contributed by atoms with Crippen LogP contribution in [0.15, 0.2) is 0 Å². The molecule has 0 saturated carbocycles. The Labute approximate surface area is 263 Å². The van der Waals surface area contributed by atoms with E-state index in [1.807, 2.05) is 0 Å².